The molecule has 0 fully saturated rings. The second kappa shape index (κ2) is 5.75. The fourth-order valence-corrected chi connectivity index (χ4v) is 10.0. The quantitative estimate of drug-likeness (QED) is 0.534. The minimum absolute atomic E-state index is 0.351. The average Bonchev–Trinajstić information content (AvgIpc) is 3.19. The molecule has 2 aliphatic rings. The maximum atomic E-state index is 7.38. The van der Waals surface area contributed by atoms with E-state index >= 15 is 0 Å². The normalized spacial score (nSPS) is 25.4. The number of halogens is 1. The maximum absolute atomic E-state index is 7.38. The second-order valence-electron chi connectivity index (χ2n) is 5.21. The molecule has 0 amide bonds. The van der Waals surface area contributed by atoms with E-state index in [0.717, 1.165) is 0 Å². The zero-order valence-corrected chi connectivity index (χ0v) is 14.7. The predicted molar refractivity (Wildman–Crippen MR) is 94.0 cm³/mol. The summed E-state index contributed by atoms with van der Waals surface area (Å²) < 4.78 is 3.02. The van der Waals surface area contributed by atoms with Gasteiger partial charge in [-0.05, 0) is 0 Å². The zero-order chi connectivity index (χ0) is 15.2. The number of hydrogen-bond donors (Lipinski definition) is 0. The van der Waals surface area contributed by atoms with Gasteiger partial charge in [-0.2, -0.15) is 0 Å². The molecular weight excluding hydrogens is 451 g/mol. The van der Waals surface area contributed by atoms with E-state index in [1.165, 1.54) is 22.3 Å². The summed E-state index contributed by atoms with van der Waals surface area (Å²) in [6.07, 6.45) is 9.11. The molecule has 0 saturated heterocycles. The van der Waals surface area contributed by atoms with Crippen molar-refractivity contribution in [2.45, 2.75) is 11.2 Å². The van der Waals surface area contributed by atoms with Gasteiger partial charge in [-0.1, -0.05) is 0 Å². The van der Waals surface area contributed by atoms with Crippen molar-refractivity contribution in [2.75, 3.05) is 0 Å². The summed E-state index contributed by atoms with van der Waals surface area (Å²) in [5, 5.41) is 0. The molecular formula is C20H18ClLu. The molecule has 0 aromatic heterocycles. The molecule has 4 rings (SSSR count). The average molecular weight is 469 g/mol. The van der Waals surface area contributed by atoms with Crippen molar-refractivity contribution in [3.05, 3.63) is 82.9 Å². The van der Waals surface area contributed by atoms with Crippen LogP contribution in [0.3, 0.4) is 0 Å². The van der Waals surface area contributed by atoms with Gasteiger partial charge in [0, 0.05) is 0 Å². The van der Waals surface area contributed by atoms with E-state index in [0.29, 0.717) is 4.28 Å². The molecule has 120 valence electrons. The van der Waals surface area contributed by atoms with Crippen molar-refractivity contribution in [3.8, 4) is 0 Å². The Hall–Kier alpha value is -0.686. The summed E-state index contributed by atoms with van der Waals surface area (Å²) in [7, 11) is 0. The molecule has 0 bridgehead atoms. The van der Waals surface area contributed by atoms with Crippen molar-refractivity contribution in [2.24, 2.45) is 0 Å². The van der Waals surface area contributed by atoms with Crippen LogP contribution in [0.4, 0.5) is 0 Å². The van der Waals surface area contributed by atoms with E-state index in [4.69, 9.17) is 6.55 Å². The van der Waals surface area contributed by atoms with Crippen LogP contribution in [0.15, 0.2) is 60.7 Å². The van der Waals surface area contributed by atoms with Gasteiger partial charge in [-0.3, -0.25) is 0 Å². The first-order chi connectivity index (χ1) is 10.7. The van der Waals surface area contributed by atoms with Gasteiger partial charge in [-0.25, -0.2) is 0 Å². The van der Waals surface area contributed by atoms with Gasteiger partial charge in [0.15, 0.2) is 0 Å². The minimum atomic E-state index is -2.27. The van der Waals surface area contributed by atoms with E-state index in [-0.39, 0.29) is 0 Å². The standard InChI is InChI=1S/2C9H7.C2H4.ClH.Lu/c2*1-2-5-9-7-3-6-8(9)4-1;1-2;;/h2*1-7H;1H,2H3;1H;/q;;;;+1/p-1. The van der Waals surface area contributed by atoms with Crippen LogP contribution < -0.4 is 0 Å². The summed E-state index contributed by atoms with van der Waals surface area (Å²) in [5.74, 6) is 0. The number of allylic oxidation sites excluding steroid dienone is 2. The topological polar surface area (TPSA) is 0 Å². The molecule has 0 spiro atoms. The molecule has 0 nitrogen and oxygen atoms in total. The summed E-state index contributed by atoms with van der Waals surface area (Å²) >= 11 is -2.27. The molecule has 0 aliphatic heterocycles. The first-order valence-electron chi connectivity index (χ1n) is 7.26. The molecule has 2 aliphatic carbocycles. The molecule has 2 aromatic rings. The third kappa shape index (κ3) is 2.20. The number of hydrogen-bond acceptors (Lipinski definition) is 0. The summed E-state index contributed by atoms with van der Waals surface area (Å²) in [6.45, 7) is 9.52. The van der Waals surface area contributed by atoms with Crippen LogP contribution in [0.5, 0.6) is 0 Å². The first kappa shape index (κ1) is 14.9. The molecule has 0 N–H and O–H groups in total. The molecule has 0 saturated carbocycles. The first-order valence-corrected chi connectivity index (χ1v) is 12.2. The number of fused-ring (bicyclic) bond motifs is 2. The van der Waals surface area contributed by atoms with Crippen molar-refractivity contribution in [3.63, 3.8) is 0 Å². The Bertz CT molecular complexity index is 779. The summed E-state index contributed by atoms with van der Waals surface area (Å²) in [4.78, 5) is 0. The molecule has 2 heteroatoms. The third-order valence-corrected chi connectivity index (χ3v) is 13.0. The fourth-order valence-electron chi connectivity index (χ4n) is 3.01. The van der Waals surface area contributed by atoms with E-state index < -0.39 is 27.2 Å². The Morgan fingerprint density at radius 1 is 0.818 bits per heavy atom. The molecule has 0 heterocycles. The second-order valence-corrected chi connectivity index (χ2v) is 13.5. The van der Waals surface area contributed by atoms with Gasteiger partial charge in [0.05, 0.1) is 0 Å². The van der Waals surface area contributed by atoms with E-state index in [2.05, 4.69) is 82.0 Å². The zero-order valence-electron chi connectivity index (χ0n) is 12.3. The van der Waals surface area contributed by atoms with E-state index in [1.807, 2.05) is 0 Å². The van der Waals surface area contributed by atoms with Crippen LogP contribution in [0.1, 0.15) is 33.5 Å². The van der Waals surface area contributed by atoms with Gasteiger partial charge in [0.25, 0.3) is 0 Å². The number of rotatable bonds is 2. The van der Waals surface area contributed by atoms with Crippen LogP contribution in [0.2, 0.25) is 0 Å². The Balaban J connectivity index is 1.84. The Labute approximate surface area is 141 Å². The van der Waals surface area contributed by atoms with Crippen LogP contribution >= 0.6 is 6.55 Å². The Kier molecular flexibility index (Phi) is 3.89. The summed E-state index contributed by atoms with van der Waals surface area (Å²) in [6, 6.07) is 17.3. The SMILES string of the molecule is C[CH]=[Lu]([Cl])([CH]1C=Cc2ccccc21)[CH]1C=Cc2ccccc21. The van der Waals surface area contributed by atoms with Crippen molar-refractivity contribution in [1.29, 1.82) is 0 Å². The van der Waals surface area contributed by atoms with E-state index in [1.54, 1.807) is 0 Å². The van der Waals surface area contributed by atoms with Crippen molar-refractivity contribution < 1.29 is 27.2 Å². The van der Waals surface area contributed by atoms with Crippen LogP contribution in [-0.2, 0) is 0 Å². The molecule has 22 heavy (non-hydrogen) atoms. The van der Waals surface area contributed by atoms with E-state index in [9.17, 15) is 0 Å². The predicted octanol–water partition coefficient (Wildman–Crippen LogP) is 5.65. The van der Waals surface area contributed by atoms with Crippen LogP contribution in [-0.4, -0.2) is 2.21 Å². The van der Waals surface area contributed by atoms with Gasteiger partial charge < -0.3 is 0 Å². The molecule has 0 radical (unpaired) electrons. The number of benzene rings is 2. The van der Waals surface area contributed by atoms with Crippen molar-refractivity contribution >= 4 is 20.9 Å². The molecule has 2 atom stereocenters. The monoisotopic (exact) mass is 468 g/mol. The Morgan fingerprint density at radius 3 is 1.73 bits per heavy atom. The van der Waals surface area contributed by atoms with Gasteiger partial charge >= 0.3 is 142 Å². The van der Waals surface area contributed by atoms with Crippen LogP contribution in [0.25, 0.3) is 12.2 Å². The van der Waals surface area contributed by atoms with Gasteiger partial charge in [-0.15, -0.1) is 0 Å². The van der Waals surface area contributed by atoms with Crippen molar-refractivity contribution in [1.82, 2.24) is 0 Å². The molecule has 2 aromatic carbocycles. The van der Waals surface area contributed by atoms with Crippen LogP contribution in [0, 0.1) is 27.2 Å². The molecule has 2 unspecified atom stereocenters. The summed E-state index contributed by atoms with van der Waals surface area (Å²) in [5.41, 5.74) is 5.43. The fraction of sp³-hybridized carbons (Fsp3) is 0.150. The third-order valence-electron chi connectivity index (χ3n) is 4.08. The van der Waals surface area contributed by atoms with Gasteiger partial charge in [0.1, 0.15) is 0 Å². The van der Waals surface area contributed by atoms with Gasteiger partial charge in [0.2, 0.25) is 0 Å². The Morgan fingerprint density at radius 2 is 1.27 bits per heavy atom.